The summed E-state index contributed by atoms with van der Waals surface area (Å²) in [5.41, 5.74) is 0.147. The summed E-state index contributed by atoms with van der Waals surface area (Å²) in [4.78, 5) is 21.5. The third-order valence-electron chi connectivity index (χ3n) is 4.49. The van der Waals surface area contributed by atoms with E-state index in [-0.39, 0.29) is 17.3 Å². The van der Waals surface area contributed by atoms with E-state index in [0.29, 0.717) is 17.5 Å². The molecule has 6 heteroatoms. The molecule has 114 valence electrons. The summed E-state index contributed by atoms with van der Waals surface area (Å²) in [7, 11) is 0. The number of nitrogens with one attached hydrogen (secondary N) is 1. The van der Waals surface area contributed by atoms with Crippen molar-refractivity contribution in [3.05, 3.63) is 33.9 Å². The normalized spacial score (nSPS) is 25.3. The second kappa shape index (κ2) is 6.11. The van der Waals surface area contributed by atoms with Gasteiger partial charge < -0.3 is 10.4 Å². The average Bonchev–Trinajstić information content (AvgIpc) is 2.43. The lowest BCUT2D eigenvalue weighted by molar-refractivity contribution is -0.384. The molecular formula is C15H20N2O4. The van der Waals surface area contributed by atoms with Crippen molar-refractivity contribution < 1.29 is 14.8 Å². The van der Waals surface area contributed by atoms with E-state index in [2.05, 4.69) is 19.2 Å². The summed E-state index contributed by atoms with van der Waals surface area (Å²) in [5.74, 6) is -0.157. The summed E-state index contributed by atoms with van der Waals surface area (Å²) in [6, 6.07) is 4.19. The van der Waals surface area contributed by atoms with E-state index >= 15 is 0 Å². The number of hydrogen-bond donors (Lipinski definition) is 2. The van der Waals surface area contributed by atoms with Gasteiger partial charge in [-0.3, -0.25) is 10.1 Å². The van der Waals surface area contributed by atoms with Gasteiger partial charge >= 0.3 is 5.97 Å². The number of hydrogen-bond acceptors (Lipinski definition) is 4. The van der Waals surface area contributed by atoms with E-state index < -0.39 is 10.9 Å². The minimum atomic E-state index is -1.16. The Morgan fingerprint density at radius 3 is 2.71 bits per heavy atom. The minimum Gasteiger partial charge on any atom is -0.478 e. The summed E-state index contributed by atoms with van der Waals surface area (Å²) >= 11 is 0. The Labute approximate surface area is 123 Å². The highest BCUT2D eigenvalue weighted by Crippen LogP contribution is 2.34. The zero-order valence-electron chi connectivity index (χ0n) is 12.2. The Hall–Kier alpha value is -2.11. The predicted octanol–water partition coefficient (Wildman–Crippen LogP) is 3.53. The molecule has 1 saturated carbocycles. The van der Waals surface area contributed by atoms with Crippen LogP contribution in [0.4, 0.5) is 11.4 Å². The van der Waals surface area contributed by atoms with Gasteiger partial charge in [0.1, 0.15) is 5.69 Å². The van der Waals surface area contributed by atoms with Gasteiger partial charge in [0.15, 0.2) is 0 Å². The van der Waals surface area contributed by atoms with Crippen LogP contribution in [0, 0.1) is 22.0 Å². The van der Waals surface area contributed by atoms with Crippen molar-refractivity contribution in [3.63, 3.8) is 0 Å². The maximum atomic E-state index is 11.2. The minimum absolute atomic E-state index is 0.0719. The van der Waals surface area contributed by atoms with E-state index in [1.165, 1.54) is 18.6 Å². The maximum absolute atomic E-state index is 11.2. The second-order valence-corrected chi connectivity index (χ2v) is 5.81. The molecule has 0 amide bonds. The van der Waals surface area contributed by atoms with E-state index in [1.807, 2.05) is 0 Å². The van der Waals surface area contributed by atoms with Crippen LogP contribution < -0.4 is 5.32 Å². The summed E-state index contributed by atoms with van der Waals surface area (Å²) in [5, 5.41) is 23.3. The molecule has 3 unspecified atom stereocenters. The van der Waals surface area contributed by atoms with Crippen LogP contribution in [0.25, 0.3) is 0 Å². The molecule has 6 nitrogen and oxygen atoms in total. The Bertz CT molecular complexity index is 559. The Morgan fingerprint density at radius 2 is 2.10 bits per heavy atom. The molecule has 0 aromatic heterocycles. The van der Waals surface area contributed by atoms with Gasteiger partial charge in [-0.05, 0) is 30.4 Å². The Morgan fingerprint density at radius 1 is 1.38 bits per heavy atom. The first-order valence-electron chi connectivity index (χ1n) is 7.18. The van der Waals surface area contributed by atoms with E-state index in [4.69, 9.17) is 5.11 Å². The highest BCUT2D eigenvalue weighted by Gasteiger charge is 2.28. The fourth-order valence-electron chi connectivity index (χ4n) is 2.92. The highest BCUT2D eigenvalue weighted by molar-refractivity contribution is 5.89. The van der Waals surface area contributed by atoms with Gasteiger partial charge in [0.25, 0.3) is 5.69 Å². The van der Waals surface area contributed by atoms with Crippen molar-refractivity contribution in [2.24, 2.45) is 11.8 Å². The lowest BCUT2D eigenvalue weighted by Gasteiger charge is -2.35. The zero-order valence-corrected chi connectivity index (χ0v) is 12.2. The molecule has 2 N–H and O–H groups in total. The molecule has 0 aliphatic heterocycles. The molecule has 21 heavy (non-hydrogen) atoms. The number of aromatic carboxylic acids is 1. The molecular weight excluding hydrogens is 272 g/mol. The molecule has 0 radical (unpaired) electrons. The van der Waals surface area contributed by atoms with Crippen LogP contribution in [0.1, 0.15) is 43.5 Å². The summed E-state index contributed by atoms with van der Waals surface area (Å²) in [6.45, 7) is 4.35. The van der Waals surface area contributed by atoms with Gasteiger partial charge in [-0.2, -0.15) is 0 Å². The SMILES string of the molecule is CC1CCCC(Nc2ccc(C(=O)O)cc2[N+](=O)[O-])C1C. The van der Waals surface area contributed by atoms with Crippen LogP contribution in [0.5, 0.6) is 0 Å². The van der Waals surface area contributed by atoms with Crippen molar-refractivity contribution in [1.29, 1.82) is 0 Å². The van der Waals surface area contributed by atoms with E-state index in [1.54, 1.807) is 0 Å². The number of benzene rings is 1. The van der Waals surface area contributed by atoms with Gasteiger partial charge in [0, 0.05) is 12.1 Å². The van der Waals surface area contributed by atoms with Crippen molar-refractivity contribution in [1.82, 2.24) is 0 Å². The number of anilines is 1. The smallest absolute Gasteiger partial charge is 0.335 e. The summed E-state index contributed by atoms with van der Waals surface area (Å²) < 4.78 is 0. The summed E-state index contributed by atoms with van der Waals surface area (Å²) in [6.07, 6.45) is 3.26. The largest absolute Gasteiger partial charge is 0.478 e. The van der Waals surface area contributed by atoms with E-state index in [0.717, 1.165) is 18.9 Å². The van der Waals surface area contributed by atoms with Gasteiger partial charge in [-0.15, -0.1) is 0 Å². The molecule has 1 aromatic rings. The lowest BCUT2D eigenvalue weighted by Crippen LogP contribution is -2.35. The third kappa shape index (κ3) is 3.32. The Kier molecular flexibility index (Phi) is 4.45. The first kappa shape index (κ1) is 15.3. The maximum Gasteiger partial charge on any atom is 0.335 e. The fourth-order valence-corrected chi connectivity index (χ4v) is 2.92. The zero-order chi connectivity index (χ0) is 15.6. The molecule has 3 atom stereocenters. The van der Waals surface area contributed by atoms with Crippen molar-refractivity contribution in [2.75, 3.05) is 5.32 Å². The first-order valence-corrected chi connectivity index (χ1v) is 7.18. The molecule has 0 saturated heterocycles. The second-order valence-electron chi connectivity index (χ2n) is 5.81. The topological polar surface area (TPSA) is 92.5 Å². The number of nitro groups is 1. The highest BCUT2D eigenvalue weighted by atomic mass is 16.6. The van der Waals surface area contributed by atoms with Crippen LogP contribution in [0.3, 0.4) is 0 Å². The van der Waals surface area contributed by atoms with Gasteiger partial charge in [0.2, 0.25) is 0 Å². The standard InChI is InChI=1S/C15H20N2O4/c1-9-4-3-5-12(10(9)2)16-13-7-6-11(15(18)19)8-14(13)17(20)21/h6-10,12,16H,3-5H2,1-2H3,(H,18,19). The van der Waals surface area contributed by atoms with Crippen LogP contribution in [-0.4, -0.2) is 22.0 Å². The number of nitrogens with zero attached hydrogens (tertiary/aromatic N) is 1. The molecule has 1 aromatic carbocycles. The number of carbonyl (C=O) groups is 1. The molecule has 0 bridgehead atoms. The fraction of sp³-hybridized carbons (Fsp3) is 0.533. The average molecular weight is 292 g/mol. The Balaban J connectivity index is 2.27. The quantitative estimate of drug-likeness (QED) is 0.654. The molecule has 1 aliphatic rings. The van der Waals surface area contributed by atoms with E-state index in [9.17, 15) is 14.9 Å². The van der Waals surface area contributed by atoms with Crippen LogP contribution in [0.15, 0.2) is 18.2 Å². The van der Waals surface area contributed by atoms with Crippen molar-refractivity contribution in [2.45, 2.75) is 39.2 Å². The molecule has 1 fully saturated rings. The van der Waals surface area contributed by atoms with Gasteiger partial charge in [-0.1, -0.05) is 26.7 Å². The molecule has 2 rings (SSSR count). The number of nitro benzene ring substituents is 1. The third-order valence-corrected chi connectivity index (χ3v) is 4.49. The predicted molar refractivity (Wildman–Crippen MR) is 79.6 cm³/mol. The van der Waals surface area contributed by atoms with Crippen molar-refractivity contribution >= 4 is 17.3 Å². The molecule has 1 aliphatic carbocycles. The molecule has 0 heterocycles. The number of rotatable bonds is 4. The monoisotopic (exact) mass is 292 g/mol. The van der Waals surface area contributed by atoms with Gasteiger partial charge in [-0.25, -0.2) is 4.79 Å². The lowest BCUT2D eigenvalue weighted by atomic mass is 9.78. The van der Waals surface area contributed by atoms with Crippen LogP contribution >= 0.6 is 0 Å². The van der Waals surface area contributed by atoms with Crippen LogP contribution in [-0.2, 0) is 0 Å². The number of carboxylic acids is 1. The molecule has 0 spiro atoms. The van der Waals surface area contributed by atoms with Crippen molar-refractivity contribution in [3.8, 4) is 0 Å². The first-order chi connectivity index (χ1) is 9.90. The van der Waals surface area contributed by atoms with Crippen LogP contribution in [0.2, 0.25) is 0 Å². The van der Waals surface area contributed by atoms with Gasteiger partial charge in [0.05, 0.1) is 10.5 Å². The number of carboxylic acid groups (broad SMARTS) is 1.